The van der Waals surface area contributed by atoms with Crippen LogP contribution < -0.4 is 4.90 Å². The lowest BCUT2D eigenvalue weighted by Gasteiger charge is -2.30. The molecule has 7 heteroatoms. The summed E-state index contributed by atoms with van der Waals surface area (Å²) >= 11 is 0. The Morgan fingerprint density at radius 2 is 2.19 bits per heavy atom. The van der Waals surface area contributed by atoms with Crippen molar-refractivity contribution in [2.24, 2.45) is 5.92 Å². The van der Waals surface area contributed by atoms with Gasteiger partial charge in [0, 0.05) is 12.6 Å². The van der Waals surface area contributed by atoms with Crippen molar-refractivity contribution in [2.45, 2.75) is 32.7 Å². The molecule has 1 fully saturated rings. The number of hydrogen-bond donors (Lipinski definition) is 1. The van der Waals surface area contributed by atoms with Crippen LogP contribution in [0.15, 0.2) is 12.1 Å². The summed E-state index contributed by atoms with van der Waals surface area (Å²) in [6.45, 7) is 4.66. The summed E-state index contributed by atoms with van der Waals surface area (Å²) in [5.41, 5.74) is -1.07. The molecule has 0 amide bonds. The molecular formula is C14H17FN2O4. The van der Waals surface area contributed by atoms with E-state index in [1.807, 2.05) is 18.7 Å². The molecule has 1 N–H and O–H groups in total. The van der Waals surface area contributed by atoms with Crippen LogP contribution in [0, 0.1) is 21.8 Å². The van der Waals surface area contributed by atoms with Gasteiger partial charge in [-0.2, -0.15) is 0 Å². The molecule has 0 saturated carbocycles. The van der Waals surface area contributed by atoms with E-state index in [9.17, 15) is 19.3 Å². The molecule has 6 nitrogen and oxygen atoms in total. The van der Waals surface area contributed by atoms with Gasteiger partial charge in [0.25, 0.3) is 5.69 Å². The molecule has 0 aliphatic carbocycles. The fourth-order valence-corrected chi connectivity index (χ4v) is 2.88. The van der Waals surface area contributed by atoms with Gasteiger partial charge in [-0.05, 0) is 24.8 Å². The van der Waals surface area contributed by atoms with E-state index in [1.54, 1.807) is 0 Å². The topological polar surface area (TPSA) is 83.7 Å². The summed E-state index contributed by atoms with van der Waals surface area (Å²) in [4.78, 5) is 23.0. The minimum Gasteiger partial charge on any atom is -0.477 e. The molecule has 21 heavy (non-hydrogen) atoms. The van der Waals surface area contributed by atoms with Gasteiger partial charge >= 0.3 is 5.97 Å². The van der Waals surface area contributed by atoms with Crippen LogP contribution in [0.4, 0.5) is 15.8 Å². The molecule has 1 aromatic carbocycles. The first kappa shape index (κ1) is 15.2. The van der Waals surface area contributed by atoms with E-state index < -0.39 is 28.0 Å². The van der Waals surface area contributed by atoms with Gasteiger partial charge in [0.15, 0.2) is 5.82 Å². The molecule has 1 atom stereocenters. The summed E-state index contributed by atoms with van der Waals surface area (Å²) in [6, 6.07) is 1.90. The number of anilines is 1. The Labute approximate surface area is 121 Å². The highest BCUT2D eigenvalue weighted by Crippen LogP contribution is 2.35. The number of rotatable bonds is 4. The largest absolute Gasteiger partial charge is 0.477 e. The molecule has 0 radical (unpaired) electrons. The van der Waals surface area contributed by atoms with Gasteiger partial charge in [-0.15, -0.1) is 0 Å². The lowest BCUT2D eigenvalue weighted by atomic mass is 10.0. The van der Waals surface area contributed by atoms with Crippen LogP contribution in [0.5, 0.6) is 0 Å². The van der Waals surface area contributed by atoms with Crippen molar-refractivity contribution in [3.8, 4) is 0 Å². The Morgan fingerprint density at radius 3 is 2.71 bits per heavy atom. The third kappa shape index (κ3) is 2.81. The highest BCUT2D eigenvalue weighted by Gasteiger charge is 2.32. The molecule has 0 aromatic heterocycles. The summed E-state index contributed by atoms with van der Waals surface area (Å²) in [7, 11) is 0. The number of nitrogens with zero attached hydrogens (tertiary/aromatic N) is 2. The maximum absolute atomic E-state index is 14.2. The number of hydrogen-bond acceptors (Lipinski definition) is 4. The number of carboxylic acids is 1. The van der Waals surface area contributed by atoms with E-state index in [4.69, 9.17) is 5.11 Å². The monoisotopic (exact) mass is 296 g/mol. The van der Waals surface area contributed by atoms with Crippen molar-refractivity contribution in [1.29, 1.82) is 0 Å². The van der Waals surface area contributed by atoms with E-state index in [1.165, 1.54) is 0 Å². The Bertz CT molecular complexity index is 589. The first-order chi connectivity index (χ1) is 9.82. The molecule has 1 aliphatic heterocycles. The summed E-state index contributed by atoms with van der Waals surface area (Å²) in [5, 5.41) is 19.9. The molecule has 1 heterocycles. The number of halogens is 1. The van der Waals surface area contributed by atoms with Crippen molar-refractivity contribution in [3.63, 3.8) is 0 Å². The SMILES string of the molecule is CC(C)C1CCCN1c1cc(C(=O)O)c([N+](=O)[O-])cc1F. The number of nitro groups is 1. The highest BCUT2D eigenvalue weighted by atomic mass is 19.1. The summed E-state index contributed by atoms with van der Waals surface area (Å²) in [5.74, 6) is -1.89. The van der Waals surface area contributed by atoms with Crippen LogP contribution in [-0.2, 0) is 0 Å². The van der Waals surface area contributed by atoms with E-state index in [2.05, 4.69) is 0 Å². The van der Waals surface area contributed by atoms with Crippen molar-refractivity contribution < 1.29 is 19.2 Å². The second kappa shape index (κ2) is 5.67. The number of carboxylic acid groups (broad SMARTS) is 1. The van der Waals surface area contributed by atoms with Crippen LogP contribution >= 0.6 is 0 Å². The van der Waals surface area contributed by atoms with Crippen molar-refractivity contribution >= 4 is 17.3 Å². The molecule has 114 valence electrons. The average Bonchev–Trinajstić information content (AvgIpc) is 2.86. The molecule has 0 spiro atoms. The second-order valence-corrected chi connectivity index (χ2v) is 5.53. The number of benzene rings is 1. The van der Waals surface area contributed by atoms with Crippen LogP contribution in [-0.4, -0.2) is 28.6 Å². The lowest BCUT2D eigenvalue weighted by molar-refractivity contribution is -0.385. The number of nitro benzene ring substituents is 1. The van der Waals surface area contributed by atoms with Gasteiger partial charge in [-0.25, -0.2) is 9.18 Å². The van der Waals surface area contributed by atoms with Gasteiger partial charge < -0.3 is 10.0 Å². The fourth-order valence-electron chi connectivity index (χ4n) is 2.88. The Morgan fingerprint density at radius 1 is 1.52 bits per heavy atom. The molecule has 1 aliphatic rings. The third-order valence-electron chi connectivity index (χ3n) is 3.87. The zero-order valence-electron chi connectivity index (χ0n) is 11.9. The Kier molecular flexibility index (Phi) is 4.11. The summed E-state index contributed by atoms with van der Waals surface area (Å²) < 4.78 is 14.2. The minimum absolute atomic E-state index is 0.114. The Balaban J connectivity index is 2.52. The predicted molar refractivity (Wildman–Crippen MR) is 75.2 cm³/mol. The second-order valence-electron chi connectivity index (χ2n) is 5.53. The van der Waals surface area contributed by atoms with E-state index >= 15 is 0 Å². The van der Waals surface area contributed by atoms with Crippen LogP contribution in [0.3, 0.4) is 0 Å². The van der Waals surface area contributed by atoms with E-state index in [-0.39, 0.29) is 17.6 Å². The minimum atomic E-state index is -1.43. The smallest absolute Gasteiger partial charge is 0.342 e. The van der Waals surface area contributed by atoms with Gasteiger partial charge in [0.05, 0.1) is 16.7 Å². The van der Waals surface area contributed by atoms with Gasteiger partial charge in [0.2, 0.25) is 0 Å². The third-order valence-corrected chi connectivity index (χ3v) is 3.87. The number of carbonyl (C=O) groups is 1. The summed E-state index contributed by atoms with van der Waals surface area (Å²) in [6.07, 6.45) is 1.79. The maximum Gasteiger partial charge on any atom is 0.342 e. The molecule has 2 rings (SSSR count). The molecule has 1 saturated heterocycles. The maximum atomic E-state index is 14.2. The zero-order valence-corrected chi connectivity index (χ0v) is 11.9. The van der Waals surface area contributed by atoms with Crippen molar-refractivity contribution in [3.05, 3.63) is 33.6 Å². The standard InChI is InChI=1S/C14H17FN2O4/c1-8(2)11-4-3-5-16(11)13-6-9(14(18)19)12(17(20)21)7-10(13)15/h6-8,11H,3-5H2,1-2H3,(H,18,19). The average molecular weight is 296 g/mol. The van der Waals surface area contributed by atoms with Crippen molar-refractivity contribution in [2.75, 3.05) is 11.4 Å². The van der Waals surface area contributed by atoms with Crippen LogP contribution in [0.1, 0.15) is 37.0 Å². The molecule has 1 aromatic rings. The van der Waals surface area contributed by atoms with Gasteiger partial charge in [0.1, 0.15) is 5.56 Å². The van der Waals surface area contributed by atoms with Gasteiger partial charge in [-0.3, -0.25) is 10.1 Å². The van der Waals surface area contributed by atoms with Gasteiger partial charge in [-0.1, -0.05) is 13.8 Å². The highest BCUT2D eigenvalue weighted by molar-refractivity contribution is 5.93. The molecule has 0 bridgehead atoms. The predicted octanol–water partition coefficient (Wildman–Crippen LogP) is 3.06. The molecule has 1 unspecified atom stereocenters. The van der Waals surface area contributed by atoms with Crippen molar-refractivity contribution in [1.82, 2.24) is 0 Å². The quantitative estimate of drug-likeness (QED) is 0.682. The normalized spacial score (nSPS) is 18.3. The number of aromatic carboxylic acids is 1. The van der Waals surface area contributed by atoms with Crippen LogP contribution in [0.2, 0.25) is 0 Å². The first-order valence-corrected chi connectivity index (χ1v) is 6.80. The van der Waals surface area contributed by atoms with E-state index in [0.717, 1.165) is 18.9 Å². The molecular weight excluding hydrogens is 279 g/mol. The van der Waals surface area contributed by atoms with Crippen LogP contribution in [0.25, 0.3) is 0 Å². The zero-order chi connectivity index (χ0) is 15.7. The van der Waals surface area contributed by atoms with E-state index in [0.29, 0.717) is 12.6 Å². The fraction of sp³-hybridized carbons (Fsp3) is 0.500. The first-order valence-electron chi connectivity index (χ1n) is 6.80. The lowest BCUT2D eigenvalue weighted by Crippen LogP contribution is -2.34. The Hall–Kier alpha value is -2.18.